The third-order valence-corrected chi connectivity index (χ3v) is 6.34. The molecule has 1 unspecified atom stereocenters. The van der Waals surface area contributed by atoms with Crippen LogP contribution in [0.25, 0.3) is 0 Å². The Kier molecular flexibility index (Phi) is 3.78. The van der Waals surface area contributed by atoms with Crippen molar-refractivity contribution in [2.75, 3.05) is 13.7 Å². The smallest absolute Gasteiger partial charge is 0.330 e. The average Bonchev–Trinajstić information content (AvgIpc) is 2.71. The molecule has 1 spiro atoms. The van der Waals surface area contributed by atoms with Crippen molar-refractivity contribution in [1.82, 2.24) is 0 Å². The molecule has 1 saturated heterocycles. The molecule has 5 fully saturated rings. The highest BCUT2D eigenvalue weighted by Gasteiger charge is 2.61. The van der Waals surface area contributed by atoms with Crippen molar-refractivity contribution in [3.63, 3.8) is 0 Å². The molecule has 5 aliphatic rings. The second kappa shape index (κ2) is 5.57. The number of rotatable bonds is 2. The van der Waals surface area contributed by atoms with E-state index in [-0.39, 0.29) is 5.97 Å². The SMILES string of the molecule is COC(=O)C=CC1(C)CCOC2(OO1)C1CC3CC(C1)CC2C3. The van der Waals surface area contributed by atoms with E-state index in [4.69, 9.17) is 14.5 Å². The Balaban J connectivity index is 1.51. The number of hydrogen-bond acceptors (Lipinski definition) is 5. The van der Waals surface area contributed by atoms with E-state index in [1.807, 2.05) is 6.92 Å². The van der Waals surface area contributed by atoms with Gasteiger partial charge < -0.3 is 9.47 Å². The average molecular weight is 322 g/mol. The fourth-order valence-corrected chi connectivity index (χ4v) is 5.28. The lowest BCUT2D eigenvalue weighted by molar-refractivity contribution is -0.482. The zero-order valence-corrected chi connectivity index (χ0v) is 14.0. The van der Waals surface area contributed by atoms with Crippen LogP contribution in [0.5, 0.6) is 0 Å². The van der Waals surface area contributed by atoms with Crippen molar-refractivity contribution in [2.45, 2.75) is 56.8 Å². The highest BCUT2D eigenvalue weighted by Crippen LogP contribution is 2.60. The Morgan fingerprint density at radius 1 is 1.09 bits per heavy atom. The zero-order valence-electron chi connectivity index (χ0n) is 14.0. The van der Waals surface area contributed by atoms with E-state index in [9.17, 15) is 4.79 Å². The molecular weight excluding hydrogens is 296 g/mol. The second-order valence-electron chi connectivity index (χ2n) is 7.96. The van der Waals surface area contributed by atoms with Gasteiger partial charge in [-0.1, -0.05) is 0 Å². The Bertz CT molecular complexity index is 486. The molecule has 5 nitrogen and oxygen atoms in total. The first-order chi connectivity index (χ1) is 11.0. The Morgan fingerprint density at radius 2 is 1.74 bits per heavy atom. The van der Waals surface area contributed by atoms with Gasteiger partial charge in [-0.15, -0.1) is 0 Å². The summed E-state index contributed by atoms with van der Waals surface area (Å²) >= 11 is 0. The summed E-state index contributed by atoms with van der Waals surface area (Å²) in [6.07, 6.45) is 9.97. The van der Waals surface area contributed by atoms with Gasteiger partial charge in [0.1, 0.15) is 5.60 Å². The van der Waals surface area contributed by atoms with E-state index in [0.29, 0.717) is 24.9 Å². The fourth-order valence-electron chi connectivity index (χ4n) is 5.28. The molecule has 23 heavy (non-hydrogen) atoms. The number of methoxy groups -OCH3 is 1. The summed E-state index contributed by atoms with van der Waals surface area (Å²) < 4.78 is 10.9. The lowest BCUT2D eigenvalue weighted by Gasteiger charge is -2.58. The first-order valence-corrected chi connectivity index (χ1v) is 8.81. The summed E-state index contributed by atoms with van der Waals surface area (Å²) in [5, 5.41) is 0. The van der Waals surface area contributed by atoms with Crippen LogP contribution >= 0.6 is 0 Å². The predicted octanol–water partition coefficient (Wildman–Crippen LogP) is 3.00. The first-order valence-electron chi connectivity index (χ1n) is 8.81. The Morgan fingerprint density at radius 3 is 2.35 bits per heavy atom. The van der Waals surface area contributed by atoms with Crippen molar-refractivity contribution in [2.24, 2.45) is 23.7 Å². The lowest BCUT2D eigenvalue weighted by atomic mass is 9.53. The van der Waals surface area contributed by atoms with Crippen LogP contribution in [0.1, 0.15) is 45.4 Å². The minimum absolute atomic E-state index is 0.385. The van der Waals surface area contributed by atoms with Gasteiger partial charge in [-0.25, -0.2) is 9.68 Å². The molecule has 0 aromatic carbocycles. The zero-order chi connectivity index (χ0) is 16.1. The van der Waals surface area contributed by atoms with Crippen molar-refractivity contribution in [3.05, 3.63) is 12.2 Å². The van der Waals surface area contributed by atoms with Gasteiger partial charge in [-0.05, 0) is 56.9 Å². The maximum absolute atomic E-state index is 11.3. The van der Waals surface area contributed by atoms with E-state index >= 15 is 0 Å². The summed E-state index contributed by atoms with van der Waals surface area (Å²) in [7, 11) is 1.37. The molecule has 4 aliphatic carbocycles. The highest BCUT2D eigenvalue weighted by atomic mass is 17.2. The Hall–Kier alpha value is -0.910. The van der Waals surface area contributed by atoms with Crippen LogP contribution in [0, 0.1) is 23.7 Å². The fraction of sp³-hybridized carbons (Fsp3) is 0.833. The van der Waals surface area contributed by atoms with Crippen LogP contribution in [0.4, 0.5) is 0 Å². The summed E-state index contributed by atoms with van der Waals surface area (Å²) in [5.41, 5.74) is -0.660. The van der Waals surface area contributed by atoms with Crippen LogP contribution in [0.15, 0.2) is 12.2 Å². The standard InChI is InChI=1S/C18H26O5/c1-17(4-3-16(19)20-2)5-6-21-18(23-22-17)14-8-12-7-13(10-14)11-15(18)9-12/h3-4,12-15H,5-11H2,1-2H3. The highest BCUT2D eigenvalue weighted by molar-refractivity contribution is 5.81. The van der Waals surface area contributed by atoms with Crippen LogP contribution < -0.4 is 0 Å². The van der Waals surface area contributed by atoms with Gasteiger partial charge >= 0.3 is 5.97 Å². The lowest BCUT2D eigenvalue weighted by Crippen LogP contribution is -2.60. The molecule has 1 heterocycles. The van der Waals surface area contributed by atoms with E-state index in [2.05, 4.69) is 4.74 Å². The molecule has 0 radical (unpaired) electrons. The largest absolute Gasteiger partial charge is 0.466 e. The van der Waals surface area contributed by atoms with Crippen molar-refractivity contribution >= 4 is 5.97 Å². The summed E-state index contributed by atoms with van der Waals surface area (Å²) in [4.78, 5) is 23.2. The minimum Gasteiger partial charge on any atom is -0.466 e. The van der Waals surface area contributed by atoms with Crippen LogP contribution in [-0.4, -0.2) is 31.1 Å². The monoisotopic (exact) mass is 322 g/mol. The predicted molar refractivity (Wildman–Crippen MR) is 82.1 cm³/mol. The summed E-state index contributed by atoms with van der Waals surface area (Å²) in [6.45, 7) is 2.51. The normalized spacial score (nSPS) is 48.8. The third-order valence-electron chi connectivity index (χ3n) is 6.34. The van der Waals surface area contributed by atoms with Gasteiger partial charge in [0, 0.05) is 24.3 Å². The molecule has 1 aliphatic heterocycles. The molecule has 1 atom stereocenters. The van der Waals surface area contributed by atoms with Crippen LogP contribution in [0.3, 0.4) is 0 Å². The molecule has 5 heteroatoms. The molecule has 0 N–H and O–H groups in total. The molecular formula is C18H26O5. The summed E-state index contributed by atoms with van der Waals surface area (Å²) in [6, 6.07) is 0. The minimum atomic E-state index is -0.660. The molecule has 5 rings (SSSR count). The molecule has 0 amide bonds. The number of carbonyl (C=O) groups excluding carboxylic acids is 1. The second-order valence-corrected chi connectivity index (χ2v) is 7.96. The molecule has 128 valence electrons. The maximum atomic E-state index is 11.3. The number of ether oxygens (including phenoxy) is 2. The molecule has 0 aromatic heterocycles. The topological polar surface area (TPSA) is 54.0 Å². The maximum Gasteiger partial charge on any atom is 0.330 e. The first kappa shape index (κ1) is 15.6. The van der Waals surface area contributed by atoms with Crippen molar-refractivity contribution < 1.29 is 24.0 Å². The molecule has 0 aromatic rings. The van der Waals surface area contributed by atoms with E-state index in [1.54, 1.807) is 6.08 Å². The number of hydrogen-bond donors (Lipinski definition) is 0. The van der Waals surface area contributed by atoms with Crippen molar-refractivity contribution in [3.8, 4) is 0 Å². The number of esters is 1. The van der Waals surface area contributed by atoms with Gasteiger partial charge in [0.05, 0.1) is 13.7 Å². The van der Waals surface area contributed by atoms with Crippen molar-refractivity contribution in [1.29, 1.82) is 0 Å². The molecule has 4 saturated carbocycles. The van der Waals surface area contributed by atoms with Gasteiger partial charge in [0.2, 0.25) is 5.79 Å². The summed E-state index contributed by atoms with van der Waals surface area (Å²) in [5.74, 6) is 1.65. The van der Waals surface area contributed by atoms with Crippen LogP contribution in [0.2, 0.25) is 0 Å². The van der Waals surface area contributed by atoms with Gasteiger partial charge in [-0.2, -0.15) is 4.89 Å². The van der Waals surface area contributed by atoms with E-state index < -0.39 is 11.4 Å². The quantitative estimate of drug-likeness (QED) is 0.444. The van der Waals surface area contributed by atoms with Gasteiger partial charge in [0.15, 0.2) is 0 Å². The van der Waals surface area contributed by atoms with Gasteiger partial charge in [-0.3, -0.25) is 0 Å². The van der Waals surface area contributed by atoms with E-state index in [0.717, 1.165) is 11.8 Å². The molecule has 4 bridgehead atoms. The number of carbonyl (C=O) groups is 1. The van der Waals surface area contributed by atoms with E-state index in [1.165, 1.54) is 45.3 Å². The third kappa shape index (κ3) is 2.63. The van der Waals surface area contributed by atoms with Gasteiger partial charge in [0.25, 0.3) is 0 Å². The van der Waals surface area contributed by atoms with Crippen LogP contribution in [-0.2, 0) is 24.0 Å². The Labute approximate surface area is 137 Å².